The molecule has 0 saturated carbocycles. The third-order valence-corrected chi connectivity index (χ3v) is 5.44. The third-order valence-electron chi connectivity index (χ3n) is 4.37. The highest BCUT2D eigenvalue weighted by atomic mass is 79.9. The van der Waals surface area contributed by atoms with Crippen molar-refractivity contribution >= 4 is 61.6 Å². The Bertz CT molecular complexity index is 1220. The van der Waals surface area contributed by atoms with E-state index in [9.17, 15) is 0 Å². The lowest BCUT2D eigenvalue weighted by atomic mass is 10.1. The number of halogens is 3. The number of benzene rings is 3. The third kappa shape index (κ3) is 4.42. The second-order valence-corrected chi connectivity index (χ2v) is 8.11. The van der Waals surface area contributed by atoms with Crippen LogP contribution in [0.15, 0.2) is 76.3 Å². The SMILES string of the molecule is C/C(=N/Nc1nc(-c2ccc(Cl)cc2Cl)nc2ccccc12)c1ccc(Br)cc1. The average molecular weight is 486 g/mol. The smallest absolute Gasteiger partial charge is 0.163 e. The molecule has 4 rings (SSSR count). The first kappa shape index (κ1) is 19.8. The van der Waals surface area contributed by atoms with Crippen LogP contribution in [-0.2, 0) is 0 Å². The van der Waals surface area contributed by atoms with Crippen molar-refractivity contribution in [2.24, 2.45) is 5.10 Å². The maximum absolute atomic E-state index is 6.37. The van der Waals surface area contributed by atoms with E-state index in [0.29, 0.717) is 27.3 Å². The van der Waals surface area contributed by atoms with Gasteiger partial charge in [-0.1, -0.05) is 63.4 Å². The van der Waals surface area contributed by atoms with Gasteiger partial charge >= 0.3 is 0 Å². The summed E-state index contributed by atoms with van der Waals surface area (Å²) < 4.78 is 1.02. The van der Waals surface area contributed by atoms with Gasteiger partial charge in [-0.2, -0.15) is 5.10 Å². The van der Waals surface area contributed by atoms with Crippen molar-refractivity contribution < 1.29 is 0 Å². The van der Waals surface area contributed by atoms with Crippen molar-refractivity contribution in [1.29, 1.82) is 0 Å². The van der Waals surface area contributed by atoms with Gasteiger partial charge in [0.25, 0.3) is 0 Å². The summed E-state index contributed by atoms with van der Waals surface area (Å²) in [7, 11) is 0. The number of hydrogen-bond acceptors (Lipinski definition) is 4. The van der Waals surface area contributed by atoms with Crippen LogP contribution >= 0.6 is 39.1 Å². The maximum atomic E-state index is 6.37. The molecule has 0 saturated heterocycles. The summed E-state index contributed by atoms with van der Waals surface area (Å²) in [6.45, 7) is 1.94. The van der Waals surface area contributed by atoms with E-state index in [1.807, 2.05) is 61.5 Å². The Balaban J connectivity index is 1.76. The number of aromatic nitrogens is 2. The molecule has 4 nitrogen and oxygen atoms in total. The lowest BCUT2D eigenvalue weighted by Gasteiger charge is -2.10. The van der Waals surface area contributed by atoms with Crippen molar-refractivity contribution in [1.82, 2.24) is 9.97 Å². The fourth-order valence-electron chi connectivity index (χ4n) is 2.85. The number of rotatable bonds is 4. The van der Waals surface area contributed by atoms with Gasteiger partial charge in [0, 0.05) is 20.4 Å². The van der Waals surface area contributed by atoms with E-state index in [0.717, 1.165) is 26.7 Å². The van der Waals surface area contributed by atoms with Gasteiger partial charge < -0.3 is 0 Å². The van der Waals surface area contributed by atoms with Crippen molar-refractivity contribution in [3.8, 4) is 11.4 Å². The van der Waals surface area contributed by atoms with Gasteiger partial charge in [-0.3, -0.25) is 5.43 Å². The van der Waals surface area contributed by atoms with Crippen LogP contribution in [0.25, 0.3) is 22.3 Å². The minimum absolute atomic E-state index is 0.494. The normalized spacial score (nSPS) is 11.7. The molecule has 144 valence electrons. The van der Waals surface area contributed by atoms with Crippen molar-refractivity contribution in [3.63, 3.8) is 0 Å². The van der Waals surface area contributed by atoms with E-state index in [1.165, 1.54) is 0 Å². The van der Waals surface area contributed by atoms with Gasteiger partial charge in [-0.25, -0.2) is 9.97 Å². The molecular weight excluding hydrogens is 471 g/mol. The Labute approximate surface area is 186 Å². The van der Waals surface area contributed by atoms with Crippen LogP contribution in [0.2, 0.25) is 10.0 Å². The van der Waals surface area contributed by atoms with E-state index in [4.69, 9.17) is 23.2 Å². The molecule has 0 aliphatic heterocycles. The molecule has 0 amide bonds. The van der Waals surface area contributed by atoms with Gasteiger partial charge in [0.15, 0.2) is 11.6 Å². The molecule has 0 radical (unpaired) electrons. The van der Waals surface area contributed by atoms with Gasteiger partial charge in [0.2, 0.25) is 0 Å². The Morgan fingerprint density at radius 1 is 0.966 bits per heavy atom. The van der Waals surface area contributed by atoms with Gasteiger partial charge in [0.1, 0.15) is 0 Å². The van der Waals surface area contributed by atoms with Crippen LogP contribution in [0, 0.1) is 0 Å². The molecule has 1 heterocycles. The molecule has 0 unspecified atom stereocenters. The molecule has 1 N–H and O–H groups in total. The average Bonchev–Trinajstić information content (AvgIpc) is 2.72. The summed E-state index contributed by atoms with van der Waals surface area (Å²) in [5, 5.41) is 6.45. The lowest BCUT2D eigenvalue weighted by molar-refractivity contribution is 1.18. The number of fused-ring (bicyclic) bond motifs is 1. The van der Waals surface area contributed by atoms with E-state index in [2.05, 4.69) is 36.4 Å². The molecule has 0 aliphatic rings. The Morgan fingerprint density at radius 2 is 1.72 bits per heavy atom. The zero-order chi connectivity index (χ0) is 20.4. The number of hydrazone groups is 1. The fourth-order valence-corrected chi connectivity index (χ4v) is 3.60. The van der Waals surface area contributed by atoms with Gasteiger partial charge in [0.05, 0.1) is 16.3 Å². The number of nitrogens with one attached hydrogen (secondary N) is 1. The first-order valence-electron chi connectivity index (χ1n) is 8.80. The van der Waals surface area contributed by atoms with Crippen molar-refractivity contribution in [2.45, 2.75) is 6.92 Å². The standard InChI is InChI=1S/C22H15BrCl2N4/c1-13(14-6-8-15(23)9-7-14)28-29-22-18-4-2-3-5-20(18)26-21(27-22)17-11-10-16(24)12-19(17)25/h2-12H,1H3,(H,26,27,29)/b28-13-. The van der Waals surface area contributed by atoms with Crippen molar-refractivity contribution in [3.05, 3.63) is 86.8 Å². The highest BCUT2D eigenvalue weighted by Gasteiger charge is 2.12. The number of para-hydroxylation sites is 1. The van der Waals surface area contributed by atoms with Crippen LogP contribution in [0.4, 0.5) is 5.82 Å². The topological polar surface area (TPSA) is 50.2 Å². The molecule has 0 fully saturated rings. The second kappa shape index (κ2) is 8.49. The largest absolute Gasteiger partial charge is 0.260 e. The molecule has 1 aromatic heterocycles. The van der Waals surface area contributed by atoms with Crippen LogP contribution in [0.3, 0.4) is 0 Å². The first-order valence-corrected chi connectivity index (χ1v) is 10.3. The highest BCUT2D eigenvalue weighted by Crippen LogP contribution is 2.31. The zero-order valence-electron chi connectivity index (χ0n) is 15.3. The minimum atomic E-state index is 0.494. The van der Waals surface area contributed by atoms with E-state index in [1.54, 1.807) is 12.1 Å². The summed E-state index contributed by atoms with van der Waals surface area (Å²) >= 11 is 15.8. The Kier molecular flexibility index (Phi) is 5.81. The summed E-state index contributed by atoms with van der Waals surface area (Å²) in [6, 6.07) is 21.0. The first-order chi connectivity index (χ1) is 14.0. The summed E-state index contributed by atoms with van der Waals surface area (Å²) in [4.78, 5) is 9.34. The van der Waals surface area contributed by atoms with Gasteiger partial charge in [-0.15, -0.1) is 0 Å². The Morgan fingerprint density at radius 3 is 2.48 bits per heavy atom. The van der Waals surface area contributed by atoms with Crippen LogP contribution < -0.4 is 5.43 Å². The molecule has 3 aromatic carbocycles. The molecule has 0 atom stereocenters. The fraction of sp³-hybridized carbons (Fsp3) is 0.0455. The molecule has 0 bridgehead atoms. The monoisotopic (exact) mass is 484 g/mol. The Hall–Kier alpha value is -2.47. The highest BCUT2D eigenvalue weighted by molar-refractivity contribution is 9.10. The molecule has 29 heavy (non-hydrogen) atoms. The maximum Gasteiger partial charge on any atom is 0.163 e. The second-order valence-electron chi connectivity index (χ2n) is 6.35. The number of anilines is 1. The summed E-state index contributed by atoms with van der Waals surface area (Å²) in [5.41, 5.74) is 6.45. The van der Waals surface area contributed by atoms with E-state index < -0.39 is 0 Å². The van der Waals surface area contributed by atoms with E-state index >= 15 is 0 Å². The van der Waals surface area contributed by atoms with Crippen LogP contribution in [0.1, 0.15) is 12.5 Å². The van der Waals surface area contributed by atoms with Crippen LogP contribution in [0.5, 0.6) is 0 Å². The lowest BCUT2D eigenvalue weighted by Crippen LogP contribution is -2.03. The number of hydrogen-bond donors (Lipinski definition) is 1. The van der Waals surface area contributed by atoms with E-state index in [-0.39, 0.29) is 0 Å². The van der Waals surface area contributed by atoms with Crippen molar-refractivity contribution in [2.75, 3.05) is 5.43 Å². The van der Waals surface area contributed by atoms with Gasteiger partial charge in [-0.05, 0) is 55.0 Å². The molecular formula is C22H15BrCl2N4. The minimum Gasteiger partial charge on any atom is -0.260 e. The molecule has 0 spiro atoms. The predicted molar refractivity (Wildman–Crippen MR) is 125 cm³/mol. The molecule has 0 aliphatic carbocycles. The quantitative estimate of drug-likeness (QED) is 0.245. The predicted octanol–water partition coefficient (Wildman–Crippen LogP) is 7.20. The zero-order valence-corrected chi connectivity index (χ0v) is 18.4. The summed E-state index contributed by atoms with van der Waals surface area (Å²) in [6.07, 6.45) is 0. The number of nitrogens with zero attached hydrogens (tertiary/aromatic N) is 3. The molecule has 4 aromatic rings. The molecule has 7 heteroatoms. The van der Waals surface area contributed by atoms with Crippen LogP contribution in [-0.4, -0.2) is 15.7 Å². The summed E-state index contributed by atoms with van der Waals surface area (Å²) in [5.74, 6) is 1.11.